The molecule has 6 nitrogen and oxygen atoms in total. The van der Waals surface area contributed by atoms with Crippen LogP contribution < -0.4 is 10.1 Å². The third-order valence-electron chi connectivity index (χ3n) is 4.56. The minimum absolute atomic E-state index is 0. The maximum atomic E-state index is 13.0. The molecule has 3 heterocycles. The zero-order valence-corrected chi connectivity index (χ0v) is 17.3. The van der Waals surface area contributed by atoms with Crippen molar-refractivity contribution in [2.75, 3.05) is 26.2 Å². The van der Waals surface area contributed by atoms with Gasteiger partial charge in [-0.3, -0.25) is 9.78 Å². The number of rotatable bonds is 5. The lowest BCUT2D eigenvalue weighted by atomic mass is 10.2. The second-order valence-electron chi connectivity index (χ2n) is 6.39. The van der Waals surface area contributed by atoms with Crippen LogP contribution in [0.3, 0.4) is 0 Å². The van der Waals surface area contributed by atoms with Crippen molar-refractivity contribution in [1.82, 2.24) is 15.2 Å². The Morgan fingerprint density at radius 2 is 1.97 bits per heavy atom. The first-order valence-corrected chi connectivity index (χ1v) is 9.01. The maximum Gasteiger partial charge on any atom is 0.290 e. The molecule has 1 aliphatic heterocycles. The maximum absolute atomic E-state index is 13.0. The molecule has 2 aromatic heterocycles. The fraction of sp³-hybridized carbons (Fsp3) is 0.238. The van der Waals surface area contributed by atoms with Crippen molar-refractivity contribution in [2.24, 2.45) is 0 Å². The third-order valence-corrected chi connectivity index (χ3v) is 4.56. The second-order valence-corrected chi connectivity index (χ2v) is 6.39. The van der Waals surface area contributed by atoms with Crippen molar-refractivity contribution in [3.05, 3.63) is 72.8 Å². The van der Waals surface area contributed by atoms with Gasteiger partial charge < -0.3 is 19.4 Å². The molecular formula is C21H23Cl2N3O3. The van der Waals surface area contributed by atoms with Gasteiger partial charge in [-0.1, -0.05) is 30.3 Å². The zero-order chi connectivity index (χ0) is 18.5. The molecule has 0 saturated carbocycles. The van der Waals surface area contributed by atoms with Crippen LogP contribution in [0, 0.1) is 0 Å². The quantitative estimate of drug-likeness (QED) is 0.661. The predicted octanol–water partition coefficient (Wildman–Crippen LogP) is 3.68. The molecule has 8 heteroatoms. The van der Waals surface area contributed by atoms with Crippen molar-refractivity contribution < 1.29 is 13.9 Å². The summed E-state index contributed by atoms with van der Waals surface area (Å²) in [6.45, 7) is 2.44. The highest BCUT2D eigenvalue weighted by Crippen LogP contribution is 2.23. The summed E-state index contributed by atoms with van der Waals surface area (Å²) in [6.07, 6.45) is 3.37. The summed E-state index contributed by atoms with van der Waals surface area (Å²) in [5.41, 5.74) is 0.952. The molecule has 0 bridgehead atoms. The van der Waals surface area contributed by atoms with E-state index in [-0.39, 0.29) is 36.8 Å². The summed E-state index contributed by atoms with van der Waals surface area (Å²) in [6, 6.07) is 17.0. The lowest BCUT2D eigenvalue weighted by molar-refractivity contribution is 0.0529. The number of hydrogen-bond donors (Lipinski definition) is 1. The average molecular weight is 436 g/mol. The standard InChI is InChI=1S/C21H21N3O3.2ClH/c25-21(20-9-8-19(27-20)16-5-2-1-3-6-16)24-12-11-23-13-17(24)15-26-18-7-4-10-22-14-18;;/h1-10,14,17,23H,11-13,15H2;2*1H. The highest BCUT2D eigenvalue weighted by atomic mass is 35.5. The normalized spacial score (nSPS) is 15.7. The van der Waals surface area contributed by atoms with E-state index in [1.54, 1.807) is 18.5 Å². The van der Waals surface area contributed by atoms with Gasteiger partial charge in [-0.15, -0.1) is 24.8 Å². The van der Waals surface area contributed by atoms with Gasteiger partial charge in [0, 0.05) is 31.4 Å². The Hall–Kier alpha value is -2.54. The van der Waals surface area contributed by atoms with Crippen molar-refractivity contribution in [2.45, 2.75) is 6.04 Å². The van der Waals surface area contributed by atoms with Gasteiger partial charge in [-0.25, -0.2) is 0 Å². The van der Waals surface area contributed by atoms with Crippen LogP contribution in [0.15, 0.2) is 71.4 Å². The van der Waals surface area contributed by atoms with Gasteiger partial charge in [0.15, 0.2) is 5.76 Å². The molecule has 154 valence electrons. The number of furan rings is 1. The average Bonchev–Trinajstić information content (AvgIpc) is 3.24. The van der Waals surface area contributed by atoms with E-state index in [0.29, 0.717) is 37.0 Å². The molecule has 0 radical (unpaired) electrons. The van der Waals surface area contributed by atoms with E-state index in [9.17, 15) is 4.79 Å². The molecule has 1 aliphatic rings. The Bertz CT molecular complexity index is 890. The summed E-state index contributed by atoms with van der Waals surface area (Å²) < 4.78 is 11.6. The Labute approximate surface area is 182 Å². The van der Waals surface area contributed by atoms with E-state index in [1.165, 1.54) is 0 Å². The van der Waals surface area contributed by atoms with Gasteiger partial charge in [0.1, 0.15) is 18.1 Å². The number of carbonyl (C=O) groups is 1. The molecular weight excluding hydrogens is 413 g/mol. The van der Waals surface area contributed by atoms with Gasteiger partial charge in [-0.05, 0) is 24.3 Å². The molecule has 29 heavy (non-hydrogen) atoms. The van der Waals surface area contributed by atoms with Crippen LogP contribution in [0.1, 0.15) is 10.6 Å². The number of nitrogens with one attached hydrogen (secondary N) is 1. The summed E-state index contributed by atoms with van der Waals surface area (Å²) in [5.74, 6) is 1.62. The van der Waals surface area contributed by atoms with Crippen molar-refractivity contribution in [1.29, 1.82) is 0 Å². The molecule has 1 amide bonds. The Balaban J connectivity index is 0.00000150. The van der Waals surface area contributed by atoms with Gasteiger partial charge in [0.05, 0.1) is 12.2 Å². The van der Waals surface area contributed by atoms with E-state index < -0.39 is 0 Å². The Kier molecular flexibility index (Phi) is 8.51. The summed E-state index contributed by atoms with van der Waals surface area (Å²) in [5, 5.41) is 3.32. The van der Waals surface area contributed by atoms with Crippen LogP contribution in [0.25, 0.3) is 11.3 Å². The van der Waals surface area contributed by atoms with Crippen LogP contribution in [0.4, 0.5) is 0 Å². The fourth-order valence-corrected chi connectivity index (χ4v) is 3.15. The molecule has 3 aromatic rings. The highest BCUT2D eigenvalue weighted by molar-refractivity contribution is 5.92. The molecule has 1 N–H and O–H groups in total. The zero-order valence-electron chi connectivity index (χ0n) is 15.7. The SMILES string of the molecule is Cl.Cl.O=C(c1ccc(-c2ccccc2)o1)N1CCNCC1COc1cccnc1. The number of carbonyl (C=O) groups excluding carboxylic acids is 1. The number of halogens is 2. The van der Waals surface area contributed by atoms with Crippen molar-refractivity contribution in [3.63, 3.8) is 0 Å². The predicted molar refractivity (Wildman–Crippen MR) is 116 cm³/mol. The highest BCUT2D eigenvalue weighted by Gasteiger charge is 2.29. The van der Waals surface area contributed by atoms with Crippen molar-refractivity contribution >= 4 is 30.7 Å². The number of piperazine rings is 1. The van der Waals surface area contributed by atoms with Gasteiger partial charge in [0.25, 0.3) is 5.91 Å². The number of benzene rings is 1. The summed E-state index contributed by atoms with van der Waals surface area (Å²) in [7, 11) is 0. The van der Waals surface area contributed by atoms with Crippen LogP contribution >= 0.6 is 24.8 Å². The molecule has 1 unspecified atom stereocenters. The Morgan fingerprint density at radius 1 is 1.14 bits per heavy atom. The van der Waals surface area contributed by atoms with E-state index in [4.69, 9.17) is 9.15 Å². The van der Waals surface area contributed by atoms with E-state index in [1.807, 2.05) is 53.4 Å². The van der Waals surface area contributed by atoms with Crippen LogP contribution in [-0.4, -0.2) is 48.1 Å². The number of nitrogens with zero attached hydrogens (tertiary/aromatic N) is 2. The lowest BCUT2D eigenvalue weighted by Crippen LogP contribution is -2.55. The largest absolute Gasteiger partial charge is 0.490 e. The number of ether oxygens (including phenoxy) is 1. The minimum Gasteiger partial charge on any atom is -0.490 e. The number of pyridine rings is 1. The molecule has 1 atom stereocenters. The first-order chi connectivity index (χ1) is 13.3. The summed E-state index contributed by atoms with van der Waals surface area (Å²) >= 11 is 0. The Morgan fingerprint density at radius 3 is 2.72 bits per heavy atom. The third kappa shape index (κ3) is 5.50. The molecule has 0 spiro atoms. The first-order valence-electron chi connectivity index (χ1n) is 9.01. The van der Waals surface area contributed by atoms with Gasteiger partial charge in [-0.2, -0.15) is 0 Å². The van der Waals surface area contributed by atoms with Crippen LogP contribution in [0.5, 0.6) is 5.75 Å². The smallest absolute Gasteiger partial charge is 0.290 e. The fourth-order valence-electron chi connectivity index (χ4n) is 3.15. The molecule has 1 fully saturated rings. The topological polar surface area (TPSA) is 67.6 Å². The van der Waals surface area contributed by atoms with E-state index in [2.05, 4.69) is 10.3 Å². The number of hydrogen-bond acceptors (Lipinski definition) is 5. The number of aromatic nitrogens is 1. The lowest BCUT2D eigenvalue weighted by Gasteiger charge is -2.35. The first kappa shape index (κ1) is 22.7. The van der Waals surface area contributed by atoms with Crippen LogP contribution in [0.2, 0.25) is 0 Å². The second kappa shape index (κ2) is 10.9. The van der Waals surface area contributed by atoms with E-state index in [0.717, 1.165) is 12.1 Å². The summed E-state index contributed by atoms with van der Waals surface area (Å²) in [4.78, 5) is 18.9. The molecule has 4 rings (SSSR count). The molecule has 1 saturated heterocycles. The monoisotopic (exact) mass is 435 g/mol. The molecule has 1 aromatic carbocycles. The minimum atomic E-state index is -0.113. The van der Waals surface area contributed by atoms with Crippen LogP contribution in [-0.2, 0) is 0 Å². The van der Waals surface area contributed by atoms with Gasteiger partial charge in [0.2, 0.25) is 0 Å². The van der Waals surface area contributed by atoms with E-state index >= 15 is 0 Å². The van der Waals surface area contributed by atoms with Crippen molar-refractivity contribution in [3.8, 4) is 17.1 Å². The molecule has 0 aliphatic carbocycles. The number of amides is 1. The van der Waals surface area contributed by atoms with Gasteiger partial charge >= 0.3 is 0 Å².